The highest BCUT2D eigenvalue weighted by atomic mass is 19.1. The van der Waals surface area contributed by atoms with Crippen LogP contribution in [-0.2, 0) is 0 Å². The Morgan fingerprint density at radius 3 is 2.68 bits per heavy atom. The minimum atomic E-state index is -0.460. The van der Waals surface area contributed by atoms with E-state index in [4.69, 9.17) is 5.73 Å². The summed E-state index contributed by atoms with van der Waals surface area (Å²) in [4.78, 5) is 14.2. The molecule has 0 unspecified atom stereocenters. The number of amides is 1. The zero-order chi connectivity index (χ0) is 14.0. The molecule has 1 fully saturated rings. The summed E-state index contributed by atoms with van der Waals surface area (Å²) < 4.78 is 13.3. The third kappa shape index (κ3) is 3.46. The van der Waals surface area contributed by atoms with Crippen LogP contribution in [0.25, 0.3) is 0 Å². The van der Waals surface area contributed by atoms with Gasteiger partial charge in [0.15, 0.2) is 0 Å². The van der Waals surface area contributed by atoms with Crippen LogP contribution in [0.5, 0.6) is 0 Å². The first-order valence-corrected chi connectivity index (χ1v) is 6.73. The van der Waals surface area contributed by atoms with E-state index in [1.54, 1.807) is 6.07 Å². The lowest BCUT2D eigenvalue weighted by Gasteiger charge is -2.23. The second-order valence-corrected chi connectivity index (χ2v) is 6.08. The second kappa shape index (κ2) is 5.19. The number of nitrogens with zero attached hydrogens (tertiary/aromatic N) is 1. The van der Waals surface area contributed by atoms with Crippen LogP contribution in [0.4, 0.5) is 10.1 Å². The Kier molecular flexibility index (Phi) is 3.78. The van der Waals surface area contributed by atoms with E-state index in [0.717, 1.165) is 32.4 Å². The number of anilines is 1. The van der Waals surface area contributed by atoms with E-state index in [1.165, 1.54) is 12.1 Å². The molecule has 19 heavy (non-hydrogen) atoms. The van der Waals surface area contributed by atoms with Gasteiger partial charge < -0.3 is 10.6 Å². The van der Waals surface area contributed by atoms with Crippen molar-refractivity contribution in [2.75, 3.05) is 18.8 Å². The van der Waals surface area contributed by atoms with Gasteiger partial charge in [-0.15, -0.1) is 0 Å². The molecule has 104 valence electrons. The fourth-order valence-corrected chi connectivity index (χ4v) is 2.54. The first-order valence-electron chi connectivity index (χ1n) is 6.73. The molecule has 0 aliphatic carbocycles. The van der Waals surface area contributed by atoms with Gasteiger partial charge in [0.25, 0.3) is 5.91 Å². The Morgan fingerprint density at radius 2 is 2.00 bits per heavy atom. The van der Waals surface area contributed by atoms with Gasteiger partial charge in [0, 0.05) is 24.3 Å². The zero-order valence-corrected chi connectivity index (χ0v) is 11.6. The number of nitrogen functional groups attached to an aromatic ring is 1. The highest BCUT2D eigenvalue weighted by molar-refractivity contribution is 5.95. The van der Waals surface area contributed by atoms with Crippen molar-refractivity contribution < 1.29 is 9.18 Å². The lowest BCUT2D eigenvalue weighted by molar-refractivity contribution is 0.0757. The maximum Gasteiger partial charge on any atom is 0.254 e. The number of carbonyl (C=O) groups is 1. The summed E-state index contributed by atoms with van der Waals surface area (Å²) in [7, 11) is 0. The van der Waals surface area contributed by atoms with Crippen molar-refractivity contribution in [2.45, 2.75) is 33.1 Å². The first-order chi connectivity index (χ1) is 8.87. The Balaban J connectivity index is 2.15. The number of hydrogen-bond acceptors (Lipinski definition) is 2. The van der Waals surface area contributed by atoms with Crippen LogP contribution in [0.3, 0.4) is 0 Å². The summed E-state index contributed by atoms with van der Waals surface area (Å²) in [6.07, 6.45) is 3.08. The smallest absolute Gasteiger partial charge is 0.254 e. The Bertz CT molecular complexity index is 465. The molecule has 0 atom stereocenters. The van der Waals surface area contributed by atoms with E-state index in [0.29, 0.717) is 11.3 Å². The molecule has 0 radical (unpaired) electrons. The minimum absolute atomic E-state index is 0.121. The maximum atomic E-state index is 13.3. The van der Waals surface area contributed by atoms with Crippen LogP contribution in [0, 0.1) is 11.2 Å². The summed E-state index contributed by atoms with van der Waals surface area (Å²) in [6.45, 7) is 5.91. The molecule has 2 rings (SSSR count). The molecule has 1 aromatic rings. The van der Waals surface area contributed by atoms with Crippen LogP contribution in [-0.4, -0.2) is 23.9 Å². The van der Waals surface area contributed by atoms with Crippen molar-refractivity contribution in [1.29, 1.82) is 0 Å². The molecule has 2 N–H and O–H groups in total. The van der Waals surface area contributed by atoms with Crippen LogP contribution in [0.15, 0.2) is 18.2 Å². The molecule has 1 heterocycles. The van der Waals surface area contributed by atoms with Crippen LogP contribution in [0.2, 0.25) is 0 Å². The van der Waals surface area contributed by atoms with Crippen LogP contribution in [0.1, 0.15) is 43.5 Å². The molecule has 1 aromatic carbocycles. The molecule has 1 saturated heterocycles. The molecule has 3 nitrogen and oxygen atoms in total. The monoisotopic (exact) mass is 264 g/mol. The van der Waals surface area contributed by atoms with Gasteiger partial charge in [0.1, 0.15) is 5.82 Å². The van der Waals surface area contributed by atoms with Gasteiger partial charge in [-0.2, -0.15) is 0 Å². The minimum Gasteiger partial charge on any atom is -0.399 e. The molecular formula is C15H21FN2O. The predicted molar refractivity (Wildman–Crippen MR) is 74.3 cm³/mol. The number of likely N-dealkylation sites (tertiary alicyclic amines) is 1. The van der Waals surface area contributed by atoms with Crippen molar-refractivity contribution in [1.82, 2.24) is 4.90 Å². The van der Waals surface area contributed by atoms with E-state index < -0.39 is 5.82 Å². The number of benzene rings is 1. The average molecular weight is 264 g/mol. The second-order valence-electron chi connectivity index (χ2n) is 6.08. The SMILES string of the molecule is CC1(C)CCCN(C(=O)c2cc(N)cc(F)c2)CC1. The largest absolute Gasteiger partial charge is 0.399 e. The van der Waals surface area contributed by atoms with Gasteiger partial charge in [0.05, 0.1) is 0 Å². The van der Waals surface area contributed by atoms with E-state index >= 15 is 0 Å². The Labute approximate surface area is 113 Å². The summed E-state index contributed by atoms with van der Waals surface area (Å²) in [5, 5.41) is 0. The van der Waals surface area contributed by atoms with Crippen molar-refractivity contribution in [3.05, 3.63) is 29.6 Å². The topological polar surface area (TPSA) is 46.3 Å². The van der Waals surface area contributed by atoms with Crippen molar-refractivity contribution in [3.63, 3.8) is 0 Å². The summed E-state index contributed by atoms with van der Waals surface area (Å²) in [5.41, 5.74) is 6.50. The molecule has 0 bridgehead atoms. The molecule has 0 spiro atoms. The standard InChI is InChI=1S/C15H21FN2O/c1-15(2)4-3-6-18(7-5-15)14(19)11-8-12(16)10-13(17)9-11/h8-10H,3-7,17H2,1-2H3. The highest BCUT2D eigenvalue weighted by Gasteiger charge is 2.26. The highest BCUT2D eigenvalue weighted by Crippen LogP contribution is 2.30. The molecular weight excluding hydrogens is 243 g/mol. The van der Waals surface area contributed by atoms with Gasteiger partial charge in [-0.05, 0) is 42.9 Å². The number of halogens is 1. The summed E-state index contributed by atoms with van der Waals surface area (Å²) in [5.74, 6) is -0.581. The molecule has 0 aromatic heterocycles. The van der Waals surface area contributed by atoms with E-state index in [1.807, 2.05) is 4.90 Å². The first kappa shape index (κ1) is 13.8. The van der Waals surface area contributed by atoms with Gasteiger partial charge in [-0.3, -0.25) is 4.79 Å². The normalized spacial score (nSPS) is 19.0. The van der Waals surface area contributed by atoms with E-state index in [9.17, 15) is 9.18 Å². The molecule has 0 saturated carbocycles. The molecule has 4 heteroatoms. The van der Waals surface area contributed by atoms with Crippen molar-refractivity contribution >= 4 is 11.6 Å². The van der Waals surface area contributed by atoms with Crippen LogP contribution >= 0.6 is 0 Å². The number of rotatable bonds is 1. The zero-order valence-electron chi connectivity index (χ0n) is 11.6. The molecule has 1 amide bonds. The van der Waals surface area contributed by atoms with Gasteiger partial charge in [0.2, 0.25) is 0 Å². The number of hydrogen-bond donors (Lipinski definition) is 1. The van der Waals surface area contributed by atoms with Crippen molar-refractivity contribution in [3.8, 4) is 0 Å². The van der Waals surface area contributed by atoms with Gasteiger partial charge in [-0.25, -0.2) is 4.39 Å². The van der Waals surface area contributed by atoms with Gasteiger partial charge in [-0.1, -0.05) is 13.8 Å². The van der Waals surface area contributed by atoms with Crippen molar-refractivity contribution in [2.24, 2.45) is 5.41 Å². The fourth-order valence-electron chi connectivity index (χ4n) is 2.54. The summed E-state index contributed by atoms with van der Waals surface area (Å²) in [6, 6.07) is 4.03. The third-order valence-electron chi connectivity index (χ3n) is 3.79. The fraction of sp³-hybridized carbons (Fsp3) is 0.533. The van der Waals surface area contributed by atoms with E-state index in [2.05, 4.69) is 13.8 Å². The van der Waals surface area contributed by atoms with Gasteiger partial charge >= 0.3 is 0 Å². The Hall–Kier alpha value is -1.58. The Morgan fingerprint density at radius 1 is 1.26 bits per heavy atom. The third-order valence-corrected chi connectivity index (χ3v) is 3.79. The lowest BCUT2D eigenvalue weighted by atomic mass is 9.85. The summed E-state index contributed by atoms with van der Waals surface area (Å²) >= 11 is 0. The number of carbonyl (C=O) groups excluding carboxylic acids is 1. The quantitative estimate of drug-likeness (QED) is 0.792. The lowest BCUT2D eigenvalue weighted by Crippen LogP contribution is -2.32. The molecule has 1 aliphatic heterocycles. The maximum absolute atomic E-state index is 13.3. The van der Waals surface area contributed by atoms with E-state index in [-0.39, 0.29) is 11.3 Å². The average Bonchev–Trinajstić information content (AvgIpc) is 2.48. The predicted octanol–water partition coefficient (Wildman–Crippen LogP) is 3.06. The number of nitrogens with two attached hydrogens (primary N) is 1. The molecule has 1 aliphatic rings. The van der Waals surface area contributed by atoms with Crippen LogP contribution < -0.4 is 5.73 Å².